The van der Waals surface area contributed by atoms with Crippen molar-refractivity contribution in [1.29, 1.82) is 0 Å². The smallest absolute Gasteiger partial charge is 0.123 e. The van der Waals surface area contributed by atoms with Gasteiger partial charge in [-0.3, -0.25) is 0 Å². The number of hydrogen-bond acceptors (Lipinski definition) is 2. The van der Waals surface area contributed by atoms with Gasteiger partial charge in [0, 0.05) is 0 Å². The number of halogens is 1. The van der Waals surface area contributed by atoms with Crippen LogP contribution in [0.1, 0.15) is 37.4 Å². The molecular formula is C12H16FNO. The third-order valence-electron chi connectivity index (χ3n) is 3.24. The van der Waals surface area contributed by atoms with Crippen LogP contribution < -0.4 is 5.73 Å². The van der Waals surface area contributed by atoms with Gasteiger partial charge < -0.3 is 10.8 Å². The molecule has 0 saturated carbocycles. The molecule has 2 rings (SSSR count). The van der Waals surface area contributed by atoms with E-state index in [1.807, 2.05) is 13.8 Å². The number of aliphatic hydroxyl groups is 1. The zero-order valence-electron chi connectivity index (χ0n) is 9.00. The first-order valence-electron chi connectivity index (χ1n) is 5.15. The molecule has 0 amide bonds. The molecule has 2 nitrogen and oxygen atoms in total. The van der Waals surface area contributed by atoms with E-state index in [-0.39, 0.29) is 11.2 Å². The van der Waals surface area contributed by atoms with Gasteiger partial charge in [0.25, 0.3) is 0 Å². The SMILES string of the molecule is CC1(C)C[C@H](O)[C@@H](N)c2ccc(F)cc21. The van der Waals surface area contributed by atoms with Gasteiger partial charge in [-0.25, -0.2) is 4.39 Å². The van der Waals surface area contributed by atoms with Crippen LogP contribution in [0.25, 0.3) is 0 Å². The molecule has 0 bridgehead atoms. The molecule has 2 atom stereocenters. The van der Waals surface area contributed by atoms with E-state index in [9.17, 15) is 9.50 Å². The zero-order chi connectivity index (χ0) is 11.2. The topological polar surface area (TPSA) is 46.2 Å². The highest BCUT2D eigenvalue weighted by molar-refractivity contribution is 5.39. The fourth-order valence-electron chi connectivity index (χ4n) is 2.37. The number of hydrogen-bond donors (Lipinski definition) is 2. The van der Waals surface area contributed by atoms with Crippen LogP contribution in [0.3, 0.4) is 0 Å². The highest BCUT2D eigenvalue weighted by Crippen LogP contribution is 2.40. The van der Waals surface area contributed by atoms with Gasteiger partial charge in [-0.1, -0.05) is 19.9 Å². The predicted octanol–water partition coefficient (Wildman–Crippen LogP) is 1.87. The molecular weight excluding hydrogens is 193 g/mol. The molecule has 1 aromatic carbocycles. The second-order valence-electron chi connectivity index (χ2n) is 4.91. The summed E-state index contributed by atoms with van der Waals surface area (Å²) in [5, 5.41) is 9.81. The molecule has 82 valence electrons. The van der Waals surface area contributed by atoms with Crippen LogP contribution in [0, 0.1) is 5.82 Å². The maximum atomic E-state index is 13.2. The molecule has 1 aliphatic carbocycles. The third kappa shape index (κ3) is 1.66. The van der Waals surface area contributed by atoms with Crippen LogP contribution in [0.5, 0.6) is 0 Å². The normalized spacial score (nSPS) is 28.6. The van der Waals surface area contributed by atoms with E-state index < -0.39 is 12.1 Å². The van der Waals surface area contributed by atoms with Crippen molar-refractivity contribution < 1.29 is 9.50 Å². The van der Waals surface area contributed by atoms with E-state index in [0.717, 1.165) is 11.1 Å². The maximum Gasteiger partial charge on any atom is 0.123 e. The standard InChI is InChI=1S/C12H16FNO/c1-12(2)6-10(15)11(14)8-4-3-7(13)5-9(8)12/h3-5,10-11,15H,6,14H2,1-2H3/t10-,11-/m0/s1. The Hall–Kier alpha value is -0.930. The Morgan fingerprint density at radius 1 is 1.47 bits per heavy atom. The number of rotatable bonds is 0. The molecule has 3 heteroatoms. The lowest BCUT2D eigenvalue weighted by Crippen LogP contribution is -2.39. The highest BCUT2D eigenvalue weighted by atomic mass is 19.1. The average Bonchev–Trinajstić information content (AvgIpc) is 2.14. The summed E-state index contributed by atoms with van der Waals surface area (Å²) in [5.74, 6) is -0.245. The second kappa shape index (κ2) is 3.29. The van der Waals surface area contributed by atoms with Crippen molar-refractivity contribution >= 4 is 0 Å². The summed E-state index contributed by atoms with van der Waals surface area (Å²) in [6.45, 7) is 4.00. The van der Waals surface area contributed by atoms with E-state index in [2.05, 4.69) is 0 Å². The van der Waals surface area contributed by atoms with Gasteiger partial charge in [0.1, 0.15) is 5.82 Å². The molecule has 0 radical (unpaired) electrons. The lowest BCUT2D eigenvalue weighted by atomic mass is 9.70. The molecule has 1 aromatic rings. The zero-order valence-corrected chi connectivity index (χ0v) is 9.00. The van der Waals surface area contributed by atoms with Crippen LogP contribution in [0.2, 0.25) is 0 Å². The third-order valence-corrected chi connectivity index (χ3v) is 3.24. The lowest BCUT2D eigenvalue weighted by molar-refractivity contribution is 0.0993. The van der Waals surface area contributed by atoms with Gasteiger partial charge in [-0.05, 0) is 35.1 Å². The summed E-state index contributed by atoms with van der Waals surface area (Å²) >= 11 is 0. The first-order chi connectivity index (χ1) is 6.92. The van der Waals surface area contributed by atoms with Gasteiger partial charge in [-0.2, -0.15) is 0 Å². The van der Waals surface area contributed by atoms with Crippen molar-refractivity contribution in [2.45, 2.75) is 37.8 Å². The molecule has 0 aliphatic heterocycles. The minimum Gasteiger partial charge on any atom is -0.391 e. The monoisotopic (exact) mass is 209 g/mol. The van der Waals surface area contributed by atoms with Crippen molar-refractivity contribution in [1.82, 2.24) is 0 Å². The molecule has 0 aromatic heterocycles. The molecule has 0 fully saturated rings. The molecule has 15 heavy (non-hydrogen) atoms. The largest absolute Gasteiger partial charge is 0.391 e. The van der Waals surface area contributed by atoms with Crippen LogP contribution >= 0.6 is 0 Å². The summed E-state index contributed by atoms with van der Waals surface area (Å²) in [6, 6.07) is 4.21. The van der Waals surface area contributed by atoms with Crippen molar-refractivity contribution in [3.63, 3.8) is 0 Å². The highest BCUT2D eigenvalue weighted by Gasteiger charge is 2.36. The average molecular weight is 209 g/mol. The minimum atomic E-state index is -0.544. The molecule has 0 heterocycles. The molecule has 0 unspecified atom stereocenters. The Labute approximate surface area is 88.9 Å². The summed E-state index contributed by atoms with van der Waals surface area (Å²) in [6.07, 6.45) is 0.0305. The first kappa shape index (κ1) is 10.6. The number of fused-ring (bicyclic) bond motifs is 1. The lowest BCUT2D eigenvalue weighted by Gasteiger charge is -2.38. The van der Waals surface area contributed by atoms with Crippen molar-refractivity contribution in [2.75, 3.05) is 0 Å². The van der Waals surface area contributed by atoms with Crippen LogP contribution in [-0.2, 0) is 5.41 Å². The Morgan fingerprint density at radius 2 is 2.13 bits per heavy atom. The maximum absolute atomic E-state index is 13.2. The van der Waals surface area contributed by atoms with Crippen molar-refractivity contribution in [3.8, 4) is 0 Å². The minimum absolute atomic E-state index is 0.216. The van der Waals surface area contributed by atoms with E-state index in [4.69, 9.17) is 5.73 Å². The van der Waals surface area contributed by atoms with Gasteiger partial charge in [0.05, 0.1) is 12.1 Å². The number of aliphatic hydroxyl groups excluding tert-OH is 1. The van der Waals surface area contributed by atoms with E-state index >= 15 is 0 Å². The van der Waals surface area contributed by atoms with Crippen molar-refractivity contribution in [2.24, 2.45) is 5.73 Å². The Kier molecular flexibility index (Phi) is 2.32. The van der Waals surface area contributed by atoms with Crippen LogP contribution in [-0.4, -0.2) is 11.2 Å². The van der Waals surface area contributed by atoms with E-state index in [0.29, 0.717) is 6.42 Å². The van der Waals surface area contributed by atoms with Crippen LogP contribution in [0.15, 0.2) is 18.2 Å². The van der Waals surface area contributed by atoms with E-state index in [1.54, 1.807) is 6.07 Å². The quantitative estimate of drug-likeness (QED) is 0.685. The fourth-order valence-corrected chi connectivity index (χ4v) is 2.37. The Balaban J connectivity index is 2.59. The summed E-state index contributed by atoms with van der Waals surface area (Å²) < 4.78 is 13.2. The summed E-state index contributed by atoms with van der Waals surface area (Å²) in [4.78, 5) is 0. The molecule has 3 N–H and O–H groups in total. The van der Waals surface area contributed by atoms with Gasteiger partial charge in [0.15, 0.2) is 0 Å². The first-order valence-corrected chi connectivity index (χ1v) is 5.15. The van der Waals surface area contributed by atoms with Gasteiger partial charge >= 0.3 is 0 Å². The fraction of sp³-hybridized carbons (Fsp3) is 0.500. The van der Waals surface area contributed by atoms with Crippen molar-refractivity contribution in [3.05, 3.63) is 35.1 Å². The molecule has 0 spiro atoms. The second-order valence-corrected chi connectivity index (χ2v) is 4.91. The Bertz CT molecular complexity index is 389. The Morgan fingerprint density at radius 3 is 2.80 bits per heavy atom. The summed E-state index contributed by atoms with van der Waals surface area (Å²) in [5.41, 5.74) is 7.45. The summed E-state index contributed by atoms with van der Waals surface area (Å²) in [7, 11) is 0. The molecule has 0 saturated heterocycles. The van der Waals surface area contributed by atoms with Gasteiger partial charge in [-0.15, -0.1) is 0 Å². The predicted molar refractivity (Wildman–Crippen MR) is 57.0 cm³/mol. The molecule has 1 aliphatic rings. The number of benzene rings is 1. The van der Waals surface area contributed by atoms with Crippen LogP contribution in [0.4, 0.5) is 4.39 Å². The number of nitrogens with two attached hydrogens (primary N) is 1. The van der Waals surface area contributed by atoms with Gasteiger partial charge in [0.2, 0.25) is 0 Å². The van der Waals surface area contributed by atoms with E-state index in [1.165, 1.54) is 12.1 Å².